The minimum absolute atomic E-state index is 0.0227. The highest BCUT2D eigenvalue weighted by atomic mass is 35.5. The smallest absolute Gasteiger partial charge is 0.408 e. The molecule has 0 spiro atoms. The number of benzene rings is 3. The van der Waals surface area contributed by atoms with Gasteiger partial charge in [-0.3, -0.25) is 24.6 Å². The van der Waals surface area contributed by atoms with Crippen molar-refractivity contribution < 1.29 is 42.3 Å². The van der Waals surface area contributed by atoms with Crippen LogP contribution in [0.25, 0.3) is 0 Å². The Bertz CT molecular complexity index is 1810. The lowest BCUT2D eigenvalue weighted by Gasteiger charge is -2.35. The summed E-state index contributed by atoms with van der Waals surface area (Å²) in [6.45, 7) is 6.53. The van der Waals surface area contributed by atoms with Gasteiger partial charge in [-0.15, -0.1) is 0 Å². The first-order valence-electron chi connectivity index (χ1n) is 16.6. The zero-order valence-electron chi connectivity index (χ0n) is 29.6. The first-order chi connectivity index (χ1) is 25.1. The second kappa shape index (κ2) is 20.2. The quantitative estimate of drug-likeness (QED) is 0.0787. The maximum atomic E-state index is 14.4. The number of carbonyl (C=O) groups is 3. The van der Waals surface area contributed by atoms with Crippen LogP contribution in [0, 0.1) is 10.1 Å². The van der Waals surface area contributed by atoms with Crippen molar-refractivity contribution in [2.24, 2.45) is 0 Å². The van der Waals surface area contributed by atoms with E-state index in [0.29, 0.717) is 24.3 Å². The number of non-ortho nitro benzene ring substituents is 1. The fourth-order valence-electron chi connectivity index (χ4n) is 5.29. The van der Waals surface area contributed by atoms with Gasteiger partial charge in [0.05, 0.1) is 16.5 Å². The van der Waals surface area contributed by atoms with E-state index in [0.717, 1.165) is 11.0 Å². The molecule has 0 saturated heterocycles. The van der Waals surface area contributed by atoms with Crippen LogP contribution in [0.3, 0.4) is 0 Å². The number of hydrogen-bond donors (Lipinski definition) is 3. The van der Waals surface area contributed by atoms with Gasteiger partial charge in [0.15, 0.2) is 6.29 Å². The molecule has 0 radical (unpaired) electrons. The number of halogens is 2. The van der Waals surface area contributed by atoms with Gasteiger partial charge in [0.2, 0.25) is 21.8 Å². The van der Waals surface area contributed by atoms with Crippen LogP contribution in [0.5, 0.6) is 0 Å². The number of ether oxygens (including phenoxy) is 2. The number of nitrogens with zero attached hydrogens (tertiary/aromatic N) is 3. The number of nitro groups is 1. The van der Waals surface area contributed by atoms with Gasteiger partial charge in [0.1, 0.15) is 17.0 Å². The summed E-state index contributed by atoms with van der Waals surface area (Å²) in [7, 11) is -4.42. The van der Waals surface area contributed by atoms with Crippen LogP contribution in [0.4, 0.5) is 10.5 Å². The summed E-state index contributed by atoms with van der Waals surface area (Å²) in [4.78, 5) is 54.0. The molecule has 3 rings (SSSR count). The number of nitrogens with one attached hydrogen (secondary N) is 2. The lowest BCUT2D eigenvalue weighted by Crippen LogP contribution is -2.59. The molecular formula is C35H43Cl2N5O10S. The molecule has 2 atom stereocenters. The van der Waals surface area contributed by atoms with E-state index in [1.54, 1.807) is 58.0 Å². The Morgan fingerprint density at radius 2 is 1.55 bits per heavy atom. The molecule has 0 saturated carbocycles. The lowest BCUT2D eigenvalue weighted by atomic mass is 10.0. The van der Waals surface area contributed by atoms with Crippen molar-refractivity contribution in [1.29, 1.82) is 0 Å². The van der Waals surface area contributed by atoms with Crippen LogP contribution in [0.1, 0.15) is 38.8 Å². The van der Waals surface area contributed by atoms with Crippen molar-refractivity contribution >= 4 is 56.8 Å². The maximum Gasteiger partial charge on any atom is 0.408 e. The number of amides is 3. The summed E-state index contributed by atoms with van der Waals surface area (Å²) in [5, 5.41) is 24.3. The van der Waals surface area contributed by atoms with Crippen molar-refractivity contribution in [3.05, 3.63) is 104 Å². The number of nitro benzene ring substituents is 1. The van der Waals surface area contributed by atoms with Crippen LogP contribution < -0.4 is 10.0 Å². The van der Waals surface area contributed by atoms with Gasteiger partial charge in [-0.25, -0.2) is 17.9 Å². The summed E-state index contributed by atoms with van der Waals surface area (Å²) in [5.41, 5.74) is 0.753. The van der Waals surface area contributed by atoms with E-state index in [9.17, 15) is 38.0 Å². The van der Waals surface area contributed by atoms with Crippen molar-refractivity contribution in [2.75, 3.05) is 26.3 Å². The zero-order valence-corrected chi connectivity index (χ0v) is 31.9. The standard InChI is InChI=1S/C35H43Cl2N5O10S/c1-5-51-32(52-6-2)22-40(23(3)4)34(44)29(18-24-12-15-27(16-13-24)42(47)48)39-33(43)30(41(35(45)46)21-25-10-8-7-9-11-25)20-38-53(49,50)31-17-14-26(36)19-28(31)37/h7-17,19,23,29-30,32,38H,5-6,18,20-22H2,1-4H3,(H,39,43)(H,45,46). The Kier molecular flexibility index (Phi) is 16.4. The Morgan fingerprint density at radius 3 is 2.08 bits per heavy atom. The molecule has 0 aliphatic carbocycles. The molecule has 3 amide bonds. The van der Waals surface area contributed by atoms with E-state index in [1.807, 2.05) is 0 Å². The average molecular weight is 797 g/mol. The van der Waals surface area contributed by atoms with E-state index in [4.69, 9.17) is 32.7 Å². The predicted molar refractivity (Wildman–Crippen MR) is 198 cm³/mol. The third-order valence-electron chi connectivity index (χ3n) is 7.93. The molecule has 0 heterocycles. The highest BCUT2D eigenvalue weighted by Gasteiger charge is 2.36. The van der Waals surface area contributed by atoms with Gasteiger partial charge >= 0.3 is 6.09 Å². The van der Waals surface area contributed by atoms with E-state index in [-0.39, 0.29) is 40.1 Å². The Balaban J connectivity index is 2.07. The highest BCUT2D eigenvalue weighted by Crippen LogP contribution is 2.25. The largest absolute Gasteiger partial charge is 0.465 e. The summed E-state index contributed by atoms with van der Waals surface area (Å²) in [5.74, 6) is -1.59. The van der Waals surface area contributed by atoms with Crippen LogP contribution in [0.2, 0.25) is 10.0 Å². The zero-order chi connectivity index (χ0) is 39.3. The fraction of sp³-hybridized carbons (Fsp3) is 0.400. The third-order valence-corrected chi connectivity index (χ3v) is 10.1. The molecular weight excluding hydrogens is 753 g/mol. The summed E-state index contributed by atoms with van der Waals surface area (Å²) < 4.78 is 40.4. The first-order valence-corrected chi connectivity index (χ1v) is 18.9. The van der Waals surface area contributed by atoms with Crippen LogP contribution in [-0.4, -0.2) is 96.9 Å². The summed E-state index contributed by atoms with van der Waals surface area (Å²) in [6.07, 6.45) is -2.51. The predicted octanol–water partition coefficient (Wildman–Crippen LogP) is 5.09. The molecule has 0 fully saturated rings. The van der Waals surface area contributed by atoms with Crippen molar-refractivity contribution in [1.82, 2.24) is 19.8 Å². The average Bonchev–Trinajstić information content (AvgIpc) is 3.10. The number of carboxylic acid groups (broad SMARTS) is 1. The van der Waals surface area contributed by atoms with Gasteiger partial charge in [-0.1, -0.05) is 65.7 Å². The number of sulfonamides is 1. The van der Waals surface area contributed by atoms with Crippen LogP contribution >= 0.6 is 23.2 Å². The molecule has 0 aromatic heterocycles. The van der Waals surface area contributed by atoms with Gasteiger partial charge in [0, 0.05) is 55.9 Å². The van der Waals surface area contributed by atoms with E-state index in [2.05, 4.69) is 10.0 Å². The number of hydrogen-bond acceptors (Lipinski definition) is 9. The molecule has 2 unspecified atom stereocenters. The minimum Gasteiger partial charge on any atom is -0.465 e. The molecule has 18 heteroatoms. The molecule has 0 aliphatic rings. The Morgan fingerprint density at radius 1 is 0.925 bits per heavy atom. The second-order valence-corrected chi connectivity index (χ2v) is 14.5. The third kappa shape index (κ3) is 12.7. The van der Waals surface area contributed by atoms with Crippen LogP contribution in [0.15, 0.2) is 77.7 Å². The van der Waals surface area contributed by atoms with E-state index >= 15 is 0 Å². The summed E-state index contributed by atoms with van der Waals surface area (Å²) in [6, 6.07) is 13.9. The number of rotatable bonds is 20. The van der Waals surface area contributed by atoms with Gasteiger partial charge in [-0.2, -0.15) is 0 Å². The Hall–Kier alpha value is -4.32. The highest BCUT2D eigenvalue weighted by molar-refractivity contribution is 7.89. The minimum atomic E-state index is -4.42. The van der Waals surface area contributed by atoms with Crippen molar-refractivity contribution in [3.63, 3.8) is 0 Å². The lowest BCUT2D eigenvalue weighted by molar-refractivity contribution is -0.384. The van der Waals surface area contributed by atoms with Crippen molar-refractivity contribution in [3.8, 4) is 0 Å². The van der Waals surface area contributed by atoms with E-state index in [1.165, 1.54) is 41.3 Å². The molecule has 53 heavy (non-hydrogen) atoms. The monoisotopic (exact) mass is 795 g/mol. The first kappa shape index (κ1) is 43.1. The van der Waals surface area contributed by atoms with Gasteiger partial charge in [-0.05, 0) is 57.0 Å². The number of carbonyl (C=O) groups excluding carboxylic acids is 2. The Labute approximate surface area is 318 Å². The molecule has 3 N–H and O–H groups in total. The molecule has 3 aromatic rings. The van der Waals surface area contributed by atoms with Gasteiger partial charge in [0.25, 0.3) is 5.69 Å². The van der Waals surface area contributed by atoms with Gasteiger partial charge < -0.3 is 24.8 Å². The van der Waals surface area contributed by atoms with E-state index < -0.39 is 63.8 Å². The topological polar surface area (TPSA) is 198 Å². The fourth-order valence-corrected chi connectivity index (χ4v) is 7.10. The SMILES string of the molecule is CCOC(CN(C(=O)C(Cc1ccc([N+](=O)[O-])cc1)NC(=O)C(CNS(=O)(=O)c1ccc(Cl)cc1Cl)N(Cc1ccccc1)C(=O)O)C(C)C)OCC. The molecule has 3 aromatic carbocycles. The maximum absolute atomic E-state index is 14.4. The molecule has 0 aliphatic heterocycles. The summed E-state index contributed by atoms with van der Waals surface area (Å²) >= 11 is 12.1. The second-order valence-electron chi connectivity index (χ2n) is 12.0. The molecule has 0 bridgehead atoms. The van der Waals surface area contributed by atoms with Crippen LogP contribution in [-0.2, 0) is 42.1 Å². The normalized spacial score (nSPS) is 12.7. The van der Waals surface area contributed by atoms with Crippen molar-refractivity contribution in [2.45, 2.75) is 70.0 Å². The molecule has 15 nitrogen and oxygen atoms in total. The molecule has 288 valence electrons.